The number of benzene rings is 2. The van der Waals surface area contributed by atoms with Gasteiger partial charge in [-0.25, -0.2) is 5.26 Å². The van der Waals surface area contributed by atoms with Gasteiger partial charge in [0, 0.05) is 44.4 Å². The zero-order valence-corrected chi connectivity index (χ0v) is 23.7. The fourth-order valence-electron chi connectivity index (χ4n) is 3.42. The Morgan fingerprint density at radius 2 is 1.59 bits per heavy atom. The molecule has 9 heteroatoms. The minimum atomic E-state index is 0. The van der Waals surface area contributed by atoms with Crippen LogP contribution in [0.25, 0.3) is 32.2 Å². The van der Waals surface area contributed by atoms with Crippen LogP contribution in [0.2, 0.25) is 0 Å². The third-order valence-electron chi connectivity index (χ3n) is 5.22. The van der Waals surface area contributed by atoms with Crippen molar-refractivity contribution in [2.24, 2.45) is 0 Å². The van der Waals surface area contributed by atoms with Crippen molar-refractivity contribution in [2.75, 3.05) is 26.0 Å². The maximum absolute atomic E-state index is 8.98. The van der Waals surface area contributed by atoms with Crippen LogP contribution in [0, 0.1) is 47.9 Å². The predicted octanol–water partition coefficient (Wildman–Crippen LogP) is 5.73. The average Bonchev–Trinajstić information content (AvgIpc) is 2.97. The molecule has 0 saturated heterocycles. The smallest absolute Gasteiger partial charge is 0.378 e. The second-order valence-corrected chi connectivity index (χ2v) is 8.15. The Balaban J connectivity index is 0.000000267. The molecule has 0 aliphatic heterocycles. The van der Waals surface area contributed by atoms with Gasteiger partial charge in [0.15, 0.2) is 0 Å². The molecule has 8 nitrogen and oxygen atoms in total. The van der Waals surface area contributed by atoms with Gasteiger partial charge in [-0.1, -0.05) is 17.7 Å². The Labute approximate surface area is 243 Å². The molecule has 0 aliphatic rings. The molecule has 0 amide bonds. The van der Waals surface area contributed by atoms with Crippen molar-refractivity contribution in [3.8, 4) is 34.7 Å². The van der Waals surface area contributed by atoms with Gasteiger partial charge in [0.1, 0.15) is 11.4 Å². The van der Waals surface area contributed by atoms with E-state index in [2.05, 4.69) is 37.1 Å². The topological polar surface area (TPSA) is 97.4 Å². The Morgan fingerprint density at radius 3 is 2.21 bits per heavy atom. The van der Waals surface area contributed by atoms with Crippen molar-refractivity contribution >= 4 is 17.1 Å². The van der Waals surface area contributed by atoms with Crippen LogP contribution in [0.5, 0.6) is 0 Å². The summed E-state index contributed by atoms with van der Waals surface area (Å²) in [5.74, 6) is 0. The van der Waals surface area contributed by atoms with Crippen LogP contribution in [0.1, 0.15) is 16.7 Å². The quantitative estimate of drug-likeness (QED) is 0.269. The van der Waals surface area contributed by atoms with Crippen LogP contribution in [0.4, 0.5) is 17.1 Å². The number of hydrogen-bond donors (Lipinski definition) is 1. The second kappa shape index (κ2) is 14.8. The first-order valence-corrected chi connectivity index (χ1v) is 11.3. The molecular formula is C30H22N8Pt. The number of nitrogens with one attached hydrogen (secondary N) is 1. The van der Waals surface area contributed by atoms with Gasteiger partial charge < -0.3 is 15.2 Å². The molecule has 0 spiro atoms. The van der Waals surface area contributed by atoms with E-state index in [1.807, 2.05) is 62.4 Å². The molecule has 2 heterocycles. The summed E-state index contributed by atoms with van der Waals surface area (Å²) < 4.78 is 0. The van der Waals surface area contributed by atoms with Gasteiger partial charge in [0.05, 0.1) is 19.2 Å². The van der Waals surface area contributed by atoms with Gasteiger partial charge >= 0.3 is 21.1 Å². The molecule has 0 fully saturated rings. The standard InChI is InChI=1S/2C15H11N4.Pt/c1-17-13-7-11(10-16)6-12(8-13)15-9-14(19(2)3)4-5-18-15;1-17-10-11-3-4-19-15(7-11)13-5-12(9-16)6-14(8-13)18-2;/h4-7,9H,2-3H3;3-4,6-8,17H,10H2,1H3;/q2*-1;+2. The Kier molecular flexibility index (Phi) is 11.5. The van der Waals surface area contributed by atoms with E-state index < -0.39 is 0 Å². The molecule has 0 atom stereocenters. The first-order valence-electron chi connectivity index (χ1n) is 11.3. The number of hydrogen-bond acceptors (Lipinski definition) is 6. The number of pyridine rings is 2. The first kappa shape index (κ1) is 30.4. The Bertz CT molecular complexity index is 1550. The first-order chi connectivity index (χ1) is 18.4. The third kappa shape index (κ3) is 8.33. The third-order valence-corrected chi connectivity index (χ3v) is 5.22. The molecule has 0 aliphatic carbocycles. The van der Waals surface area contributed by atoms with Gasteiger partial charge in [-0.2, -0.15) is 5.26 Å². The molecule has 4 rings (SSSR count). The zero-order valence-electron chi connectivity index (χ0n) is 21.4. The average molecular weight is 690 g/mol. The summed E-state index contributed by atoms with van der Waals surface area (Å²) in [6, 6.07) is 24.1. The molecule has 0 unspecified atom stereocenters. The summed E-state index contributed by atoms with van der Waals surface area (Å²) in [5, 5.41) is 21.0. The van der Waals surface area contributed by atoms with Gasteiger partial charge in [0.2, 0.25) is 0 Å². The van der Waals surface area contributed by atoms with Crippen LogP contribution < -0.4 is 10.2 Å². The fraction of sp³-hybridized carbons (Fsp3) is 0.133. The summed E-state index contributed by atoms with van der Waals surface area (Å²) in [7, 11) is 5.76. The molecular weight excluding hydrogens is 667 g/mol. The van der Waals surface area contributed by atoms with Crippen LogP contribution in [0.15, 0.2) is 60.9 Å². The largest absolute Gasteiger partial charge is 2.00 e. The molecule has 39 heavy (non-hydrogen) atoms. The van der Waals surface area contributed by atoms with E-state index in [1.54, 1.807) is 24.5 Å². The van der Waals surface area contributed by atoms with E-state index in [0.29, 0.717) is 39.3 Å². The van der Waals surface area contributed by atoms with Crippen molar-refractivity contribution in [1.82, 2.24) is 15.3 Å². The number of anilines is 1. The summed E-state index contributed by atoms with van der Waals surface area (Å²) in [5.41, 5.74) is 6.39. The van der Waals surface area contributed by atoms with E-state index in [9.17, 15) is 0 Å². The molecule has 0 bridgehead atoms. The Morgan fingerprint density at radius 1 is 0.897 bits per heavy atom. The maximum Gasteiger partial charge on any atom is 2.00 e. The normalized spacial score (nSPS) is 9.31. The predicted molar refractivity (Wildman–Crippen MR) is 146 cm³/mol. The number of nitriles is 2. The van der Waals surface area contributed by atoms with Crippen molar-refractivity contribution in [3.63, 3.8) is 0 Å². The summed E-state index contributed by atoms with van der Waals surface area (Å²) in [6.45, 7) is 14.8. The molecule has 1 N–H and O–H groups in total. The Hall–Kier alpha value is -4.85. The van der Waals surface area contributed by atoms with Crippen LogP contribution in [0.3, 0.4) is 0 Å². The molecule has 2 aromatic heterocycles. The van der Waals surface area contributed by atoms with E-state index >= 15 is 0 Å². The molecule has 192 valence electrons. The molecule has 0 radical (unpaired) electrons. The van der Waals surface area contributed by atoms with Gasteiger partial charge in [-0.15, -0.1) is 47.5 Å². The maximum atomic E-state index is 8.98. The van der Waals surface area contributed by atoms with E-state index in [0.717, 1.165) is 23.5 Å². The van der Waals surface area contributed by atoms with Gasteiger partial charge in [0.25, 0.3) is 0 Å². The number of rotatable bonds is 5. The monoisotopic (exact) mass is 689 g/mol. The van der Waals surface area contributed by atoms with Crippen LogP contribution >= 0.6 is 0 Å². The summed E-state index contributed by atoms with van der Waals surface area (Å²) in [6.07, 6.45) is 3.42. The van der Waals surface area contributed by atoms with E-state index in [-0.39, 0.29) is 21.1 Å². The van der Waals surface area contributed by atoms with Crippen LogP contribution in [-0.4, -0.2) is 31.1 Å². The summed E-state index contributed by atoms with van der Waals surface area (Å²) in [4.78, 5) is 17.2. The molecule has 2 aromatic carbocycles. The van der Waals surface area contributed by atoms with Crippen molar-refractivity contribution in [1.29, 1.82) is 10.5 Å². The van der Waals surface area contributed by atoms with Crippen molar-refractivity contribution in [2.45, 2.75) is 6.54 Å². The van der Waals surface area contributed by atoms with Crippen LogP contribution in [-0.2, 0) is 27.6 Å². The second-order valence-electron chi connectivity index (χ2n) is 8.15. The van der Waals surface area contributed by atoms with E-state index in [1.165, 1.54) is 12.1 Å². The minimum Gasteiger partial charge on any atom is -0.378 e. The fourth-order valence-corrected chi connectivity index (χ4v) is 3.42. The van der Waals surface area contributed by atoms with Crippen molar-refractivity contribution < 1.29 is 21.1 Å². The number of nitrogens with zero attached hydrogens (tertiary/aromatic N) is 7. The van der Waals surface area contributed by atoms with E-state index in [4.69, 9.17) is 23.7 Å². The minimum absolute atomic E-state index is 0. The zero-order chi connectivity index (χ0) is 27.5. The molecule has 4 aromatic rings. The SMILES string of the molecule is [C-]#[N+]c1[c-]c(-c2cc(N(C)C)ccn2)cc(C#N)c1.[C-]#[N+]c1cc(C#N)[c-]c(-c2cc(CNC)ccn2)c1.[Pt+2]. The summed E-state index contributed by atoms with van der Waals surface area (Å²) >= 11 is 0. The van der Waals surface area contributed by atoms with Crippen molar-refractivity contribution in [3.05, 3.63) is 113 Å². The molecule has 0 saturated carbocycles. The van der Waals surface area contributed by atoms with Gasteiger partial charge in [-0.3, -0.25) is 14.7 Å². The number of aromatic nitrogens is 2. The van der Waals surface area contributed by atoms with Gasteiger partial charge in [-0.05, 0) is 42.1 Å².